The highest BCUT2D eigenvalue weighted by Crippen LogP contribution is 2.32. The maximum Gasteiger partial charge on any atom is 0.338 e. The van der Waals surface area contributed by atoms with Crippen LogP contribution in [0.4, 0.5) is 0 Å². The number of methoxy groups -OCH3 is 2. The van der Waals surface area contributed by atoms with Gasteiger partial charge in [0, 0.05) is 25.2 Å². The van der Waals surface area contributed by atoms with Crippen LogP contribution in [0.15, 0.2) is 24.3 Å². The monoisotopic (exact) mass is 728 g/mol. The largest absolute Gasteiger partial charge is 0.481 e. The number of hydrogen-bond donors (Lipinski definition) is 5. The Balaban J connectivity index is 0.000000396. The first-order chi connectivity index (χ1) is 20.6. The Morgan fingerprint density at radius 3 is 1.60 bits per heavy atom. The number of carbonyl (C=O) groups excluding carboxylic acids is 1. The van der Waals surface area contributed by atoms with Gasteiger partial charge in [-0.05, 0) is 62.1 Å². The van der Waals surface area contributed by atoms with Crippen molar-refractivity contribution in [3.05, 3.63) is 79.6 Å². The summed E-state index contributed by atoms with van der Waals surface area (Å²) in [6, 6.07) is 7.01. The molecule has 0 amide bonds. The van der Waals surface area contributed by atoms with Gasteiger partial charge in [-0.3, -0.25) is 4.79 Å². The number of aromatic carboxylic acids is 1. The van der Waals surface area contributed by atoms with E-state index in [1.807, 2.05) is 26.8 Å². The van der Waals surface area contributed by atoms with E-state index in [0.29, 0.717) is 51.5 Å². The Morgan fingerprint density at radius 2 is 1.20 bits per heavy atom. The number of benzene rings is 2. The number of ether oxygens (including phenoxy) is 2. The van der Waals surface area contributed by atoms with Gasteiger partial charge >= 0.3 is 11.9 Å². The van der Waals surface area contributed by atoms with E-state index in [4.69, 9.17) is 52.8 Å². The second kappa shape index (κ2) is 17.7. The second-order valence-electron chi connectivity index (χ2n) is 9.56. The minimum atomic E-state index is -0.993. The first-order valence-corrected chi connectivity index (χ1v) is 13.7. The lowest BCUT2D eigenvalue weighted by Gasteiger charge is -2.09. The van der Waals surface area contributed by atoms with E-state index in [-0.39, 0.29) is 40.3 Å². The Bertz CT molecular complexity index is 1670. The van der Waals surface area contributed by atoms with Crippen LogP contribution in [0, 0.1) is 27.7 Å². The number of carboxylic acids is 2. The summed E-state index contributed by atoms with van der Waals surface area (Å²) in [5.41, 5.74) is 6.61. The Morgan fingerprint density at radius 1 is 0.778 bits per heavy atom. The van der Waals surface area contributed by atoms with Crippen molar-refractivity contribution < 1.29 is 39.2 Å². The van der Waals surface area contributed by atoms with Crippen molar-refractivity contribution >= 4 is 58.1 Å². The molecule has 2 aromatic carbocycles. The minimum Gasteiger partial charge on any atom is -0.481 e. The molecule has 0 atom stereocenters. The van der Waals surface area contributed by atoms with Gasteiger partial charge in [0.25, 0.3) is 5.97 Å². The molecule has 45 heavy (non-hydrogen) atoms. The average Bonchev–Trinajstić information content (AvgIpc) is 3.49. The summed E-state index contributed by atoms with van der Waals surface area (Å²) in [4.78, 5) is 46.3. The molecule has 0 aliphatic heterocycles. The topological polar surface area (TPSA) is 188 Å². The van der Waals surface area contributed by atoms with Crippen LogP contribution in [0.1, 0.15) is 61.5 Å². The third-order valence-electron chi connectivity index (χ3n) is 6.14. The summed E-state index contributed by atoms with van der Waals surface area (Å²) in [6.45, 7) is 8.59. The van der Waals surface area contributed by atoms with Crippen molar-refractivity contribution in [2.45, 2.75) is 47.8 Å². The van der Waals surface area contributed by atoms with Gasteiger partial charge in [-0.2, -0.15) is 0 Å². The van der Waals surface area contributed by atoms with Crippen LogP contribution in [0.3, 0.4) is 0 Å². The molecule has 0 saturated carbocycles. The molecule has 12 nitrogen and oxygen atoms in total. The summed E-state index contributed by atoms with van der Waals surface area (Å²) in [5, 5.41) is 26.3. The number of nitrogens with one attached hydrogen (secondary N) is 2. The van der Waals surface area contributed by atoms with Crippen LogP contribution in [-0.4, -0.2) is 67.4 Å². The number of carbonyl (C=O) groups is 3. The smallest absolute Gasteiger partial charge is 0.338 e. The molecular formula is C30H35BrCl2N4O8. The van der Waals surface area contributed by atoms with Gasteiger partial charge in [0.1, 0.15) is 46.6 Å². The van der Waals surface area contributed by atoms with E-state index < -0.39 is 11.9 Å². The highest BCUT2D eigenvalue weighted by molar-refractivity contribution is 8.93. The zero-order valence-electron chi connectivity index (χ0n) is 25.7. The van der Waals surface area contributed by atoms with Crippen LogP contribution in [0.25, 0.3) is 22.5 Å². The van der Waals surface area contributed by atoms with Gasteiger partial charge in [0.15, 0.2) is 0 Å². The summed E-state index contributed by atoms with van der Waals surface area (Å²) in [5.74, 6) is -1.22. The molecule has 0 unspecified atom stereocenters. The maximum atomic E-state index is 11.8. The Labute approximate surface area is 280 Å². The number of rotatable bonds is 7. The molecule has 4 aromatic rings. The number of halogens is 3. The quantitative estimate of drug-likeness (QED) is 0.132. The molecule has 0 fully saturated rings. The predicted molar refractivity (Wildman–Crippen MR) is 176 cm³/mol. The lowest BCUT2D eigenvalue weighted by molar-refractivity contribution is -0.134. The number of aromatic nitrogens is 4. The van der Waals surface area contributed by atoms with Crippen molar-refractivity contribution in [3.8, 4) is 22.5 Å². The van der Waals surface area contributed by atoms with Crippen LogP contribution in [0.5, 0.6) is 0 Å². The zero-order chi connectivity index (χ0) is 33.3. The standard InChI is InChI=1S/C15H17ClN2O3.C13H13ClN2O3.C2H4O2.BrH/c1-8-5-9(2)11(15(19)21-4)6-10(8)13-14(16)18-12(17-13)7-20-3;1-6-3-7(2)9(13(18)19)4-8(6)11-12(14)16-10(5-17)15-11;1-2(3)4;/h5-6H,7H2,1-4H3,(H,17,18);3-4,17H,5H2,1-2H3,(H,15,16)(H,18,19);1H3,(H,3,4);1H. The van der Waals surface area contributed by atoms with E-state index in [1.54, 1.807) is 32.2 Å². The fourth-order valence-electron chi connectivity index (χ4n) is 4.21. The van der Waals surface area contributed by atoms with E-state index in [1.165, 1.54) is 7.11 Å². The van der Waals surface area contributed by atoms with E-state index in [0.717, 1.165) is 29.2 Å². The molecule has 2 heterocycles. The average molecular weight is 730 g/mol. The highest BCUT2D eigenvalue weighted by Gasteiger charge is 2.18. The number of nitrogens with zero attached hydrogens (tertiary/aromatic N) is 2. The molecule has 4 rings (SSSR count). The number of aliphatic carboxylic acids is 1. The number of hydrogen-bond acceptors (Lipinski definition) is 8. The van der Waals surface area contributed by atoms with Crippen LogP contribution in [0.2, 0.25) is 10.3 Å². The van der Waals surface area contributed by atoms with E-state index in [2.05, 4.69) is 19.9 Å². The van der Waals surface area contributed by atoms with Crippen molar-refractivity contribution in [3.63, 3.8) is 0 Å². The molecule has 5 N–H and O–H groups in total. The lowest BCUT2D eigenvalue weighted by Crippen LogP contribution is -2.05. The van der Waals surface area contributed by atoms with Crippen LogP contribution < -0.4 is 0 Å². The molecule has 0 radical (unpaired) electrons. The van der Waals surface area contributed by atoms with Crippen molar-refractivity contribution in [2.75, 3.05) is 14.2 Å². The summed E-state index contributed by atoms with van der Waals surface area (Å²) in [7, 11) is 2.95. The van der Waals surface area contributed by atoms with Crippen LogP contribution in [-0.2, 0) is 27.5 Å². The minimum absolute atomic E-state index is 0. The molecule has 0 aliphatic rings. The number of aliphatic hydroxyl groups excluding tert-OH is 1. The summed E-state index contributed by atoms with van der Waals surface area (Å²) < 4.78 is 9.84. The molecule has 0 spiro atoms. The van der Waals surface area contributed by atoms with Gasteiger partial charge in [-0.15, -0.1) is 17.0 Å². The number of esters is 1. The Hall–Kier alpha value is -3.75. The SMILES string of the molecule is Br.CC(=O)O.COCc1nc(-c2cc(C(=O)OC)c(C)cc2C)c(Cl)[nH]1.Cc1cc(C)c(-c2nc(CO)[nH]c2Cl)cc1C(=O)O. The van der Waals surface area contributed by atoms with E-state index >= 15 is 0 Å². The Kier molecular flexibility index (Phi) is 15.4. The predicted octanol–water partition coefficient (Wildman–Crippen LogP) is 6.49. The van der Waals surface area contributed by atoms with E-state index in [9.17, 15) is 9.59 Å². The van der Waals surface area contributed by atoms with Gasteiger partial charge in [0.2, 0.25) is 0 Å². The third kappa shape index (κ3) is 10.4. The van der Waals surface area contributed by atoms with Crippen molar-refractivity contribution in [2.24, 2.45) is 0 Å². The zero-order valence-corrected chi connectivity index (χ0v) is 28.9. The highest BCUT2D eigenvalue weighted by atomic mass is 79.9. The number of aryl methyl sites for hydroxylation is 4. The second-order valence-corrected chi connectivity index (χ2v) is 10.3. The maximum absolute atomic E-state index is 11.8. The van der Waals surface area contributed by atoms with Gasteiger partial charge < -0.3 is 34.8 Å². The van der Waals surface area contributed by atoms with Crippen LogP contribution >= 0.6 is 40.2 Å². The molecule has 15 heteroatoms. The number of imidazole rings is 2. The van der Waals surface area contributed by atoms with Gasteiger partial charge in [0.05, 0.1) is 18.2 Å². The lowest BCUT2D eigenvalue weighted by atomic mass is 9.98. The first kappa shape index (κ1) is 39.3. The number of carboxylic acid groups (broad SMARTS) is 2. The molecule has 244 valence electrons. The summed E-state index contributed by atoms with van der Waals surface area (Å²) in [6.07, 6.45) is 0. The van der Waals surface area contributed by atoms with Crippen molar-refractivity contribution in [1.29, 1.82) is 0 Å². The fourth-order valence-corrected chi connectivity index (χ4v) is 4.71. The molecular weight excluding hydrogens is 695 g/mol. The van der Waals surface area contributed by atoms with Gasteiger partial charge in [-0.1, -0.05) is 35.3 Å². The third-order valence-corrected chi connectivity index (χ3v) is 6.68. The summed E-state index contributed by atoms with van der Waals surface area (Å²) >= 11 is 12.2. The molecule has 0 aliphatic carbocycles. The number of H-pyrrole nitrogens is 2. The molecule has 2 aromatic heterocycles. The van der Waals surface area contributed by atoms with Crippen molar-refractivity contribution in [1.82, 2.24) is 19.9 Å². The number of aliphatic hydroxyl groups is 1. The fraction of sp³-hybridized carbons (Fsp3) is 0.300. The molecule has 0 saturated heterocycles. The van der Waals surface area contributed by atoms with Gasteiger partial charge in [-0.25, -0.2) is 19.6 Å². The molecule has 0 bridgehead atoms. The first-order valence-electron chi connectivity index (χ1n) is 13.0. The normalized spacial score (nSPS) is 10.1. The number of aromatic amines is 2.